The number of aliphatic carboxylic acids is 1. The Balaban J connectivity index is 1.88. The van der Waals surface area contributed by atoms with Gasteiger partial charge < -0.3 is 14.8 Å². The van der Waals surface area contributed by atoms with Crippen LogP contribution in [0.5, 0.6) is 0 Å². The van der Waals surface area contributed by atoms with Crippen LogP contribution in [0.4, 0.5) is 0 Å². The lowest BCUT2D eigenvalue weighted by atomic mass is 9.64. The standard InChI is InChI=1S/C12H16BNO4/c15-12(16)8-11-5-4-9(13(17)18-11)7-10-3-1-2-6-14-10/h1-3,6,9,11,17H,4-5,7-8H2,(H,15,16). The molecule has 96 valence electrons. The predicted octanol–water partition coefficient (Wildman–Crippen LogP) is 1.13. The van der Waals surface area contributed by atoms with Gasteiger partial charge in [-0.2, -0.15) is 0 Å². The number of carboxylic acids is 1. The van der Waals surface area contributed by atoms with Crippen molar-refractivity contribution in [1.29, 1.82) is 0 Å². The zero-order chi connectivity index (χ0) is 13.0. The fourth-order valence-electron chi connectivity index (χ4n) is 2.25. The quantitative estimate of drug-likeness (QED) is 0.782. The maximum atomic E-state index is 10.6. The number of rotatable bonds is 4. The van der Waals surface area contributed by atoms with Crippen LogP contribution in [0.2, 0.25) is 5.82 Å². The van der Waals surface area contributed by atoms with E-state index in [0.717, 1.165) is 12.1 Å². The van der Waals surface area contributed by atoms with E-state index in [9.17, 15) is 9.82 Å². The number of carbonyl (C=O) groups is 1. The summed E-state index contributed by atoms with van der Waals surface area (Å²) >= 11 is 0. The fourth-order valence-corrected chi connectivity index (χ4v) is 2.25. The van der Waals surface area contributed by atoms with Crippen LogP contribution < -0.4 is 0 Å². The Morgan fingerprint density at radius 2 is 2.33 bits per heavy atom. The SMILES string of the molecule is O=C(O)CC1CCC(Cc2ccccn2)B(O)O1. The second-order valence-corrected chi connectivity index (χ2v) is 4.61. The molecule has 0 spiro atoms. The first-order valence-electron chi connectivity index (χ1n) is 6.10. The molecule has 2 atom stereocenters. The number of aromatic nitrogens is 1. The van der Waals surface area contributed by atoms with Crippen molar-refractivity contribution in [3.63, 3.8) is 0 Å². The summed E-state index contributed by atoms with van der Waals surface area (Å²) in [4.78, 5) is 14.8. The molecule has 1 aliphatic heterocycles. The number of nitrogens with zero attached hydrogens (tertiary/aromatic N) is 1. The summed E-state index contributed by atoms with van der Waals surface area (Å²) in [7, 11) is -0.898. The van der Waals surface area contributed by atoms with Crippen LogP contribution >= 0.6 is 0 Å². The van der Waals surface area contributed by atoms with Crippen molar-refractivity contribution in [2.45, 2.75) is 37.6 Å². The van der Waals surface area contributed by atoms with Crippen LogP contribution in [0.3, 0.4) is 0 Å². The summed E-state index contributed by atoms with van der Waals surface area (Å²) in [6.45, 7) is 0. The van der Waals surface area contributed by atoms with Crippen molar-refractivity contribution in [3.05, 3.63) is 30.1 Å². The highest BCUT2D eigenvalue weighted by Gasteiger charge is 2.35. The van der Waals surface area contributed by atoms with Crippen LogP contribution in [0, 0.1) is 0 Å². The molecule has 0 radical (unpaired) electrons. The summed E-state index contributed by atoms with van der Waals surface area (Å²) in [5, 5.41) is 18.6. The van der Waals surface area contributed by atoms with Gasteiger partial charge in [-0.3, -0.25) is 9.78 Å². The molecule has 1 aromatic heterocycles. The molecule has 6 heteroatoms. The predicted molar refractivity (Wildman–Crippen MR) is 66.0 cm³/mol. The van der Waals surface area contributed by atoms with Crippen molar-refractivity contribution in [2.75, 3.05) is 0 Å². The third kappa shape index (κ3) is 3.55. The van der Waals surface area contributed by atoms with Crippen LogP contribution in [0.15, 0.2) is 24.4 Å². The molecular weight excluding hydrogens is 233 g/mol. The average Bonchev–Trinajstić information content (AvgIpc) is 2.33. The van der Waals surface area contributed by atoms with Gasteiger partial charge in [-0.25, -0.2) is 0 Å². The summed E-state index contributed by atoms with van der Waals surface area (Å²) in [5.41, 5.74) is 0.918. The lowest BCUT2D eigenvalue weighted by molar-refractivity contribution is -0.139. The van der Waals surface area contributed by atoms with E-state index in [2.05, 4.69) is 4.98 Å². The Kier molecular flexibility index (Phi) is 4.33. The zero-order valence-corrected chi connectivity index (χ0v) is 10.0. The van der Waals surface area contributed by atoms with Gasteiger partial charge in [0.15, 0.2) is 0 Å². The largest absolute Gasteiger partial charge is 0.481 e. The maximum Gasteiger partial charge on any atom is 0.458 e. The Bertz CT molecular complexity index is 400. The molecule has 0 bridgehead atoms. The molecule has 0 saturated carbocycles. The molecule has 2 heterocycles. The molecule has 1 aliphatic rings. The second kappa shape index (κ2) is 5.97. The molecule has 5 nitrogen and oxygen atoms in total. The molecule has 0 aliphatic carbocycles. The highest BCUT2D eigenvalue weighted by molar-refractivity contribution is 6.45. The average molecular weight is 249 g/mol. The van der Waals surface area contributed by atoms with Crippen molar-refractivity contribution in [1.82, 2.24) is 4.98 Å². The summed E-state index contributed by atoms with van der Waals surface area (Å²) in [5.74, 6) is -0.902. The highest BCUT2D eigenvalue weighted by atomic mass is 16.5. The summed E-state index contributed by atoms with van der Waals surface area (Å²) in [6.07, 6.45) is 3.38. The smallest absolute Gasteiger partial charge is 0.458 e. The normalized spacial score (nSPS) is 23.9. The van der Waals surface area contributed by atoms with Crippen LogP contribution in [-0.2, 0) is 15.9 Å². The van der Waals surface area contributed by atoms with Crippen LogP contribution in [0.25, 0.3) is 0 Å². The Hall–Kier alpha value is -1.40. The summed E-state index contributed by atoms with van der Waals surface area (Å²) < 4.78 is 5.33. The minimum Gasteiger partial charge on any atom is -0.481 e. The summed E-state index contributed by atoms with van der Waals surface area (Å²) in [6, 6.07) is 5.67. The van der Waals surface area contributed by atoms with E-state index in [4.69, 9.17) is 9.76 Å². The van der Waals surface area contributed by atoms with Crippen LogP contribution in [0.1, 0.15) is 25.0 Å². The minimum absolute atomic E-state index is 0.00931. The van der Waals surface area contributed by atoms with E-state index in [1.54, 1.807) is 6.20 Å². The minimum atomic E-state index is -0.898. The maximum absolute atomic E-state index is 10.6. The van der Waals surface area contributed by atoms with Crippen LogP contribution in [-0.4, -0.2) is 34.3 Å². The van der Waals surface area contributed by atoms with E-state index in [-0.39, 0.29) is 18.3 Å². The first-order valence-corrected chi connectivity index (χ1v) is 6.10. The van der Waals surface area contributed by atoms with Gasteiger partial charge in [-0.1, -0.05) is 6.07 Å². The van der Waals surface area contributed by atoms with Gasteiger partial charge in [-0.05, 0) is 37.2 Å². The molecule has 0 aromatic carbocycles. The molecule has 1 aromatic rings. The van der Waals surface area contributed by atoms with E-state index < -0.39 is 13.1 Å². The topological polar surface area (TPSA) is 79.7 Å². The number of hydrogen-bond acceptors (Lipinski definition) is 4. The van der Waals surface area contributed by atoms with E-state index in [1.165, 1.54) is 0 Å². The van der Waals surface area contributed by atoms with Gasteiger partial charge in [0.05, 0.1) is 12.5 Å². The Labute approximate surface area is 106 Å². The molecule has 18 heavy (non-hydrogen) atoms. The van der Waals surface area contributed by atoms with Gasteiger partial charge in [0.25, 0.3) is 0 Å². The van der Waals surface area contributed by atoms with Gasteiger partial charge in [-0.15, -0.1) is 0 Å². The molecular formula is C12H16BNO4. The number of carboxylic acid groups (broad SMARTS) is 1. The number of hydrogen-bond donors (Lipinski definition) is 2. The molecule has 1 fully saturated rings. The van der Waals surface area contributed by atoms with Gasteiger partial charge in [0, 0.05) is 11.9 Å². The van der Waals surface area contributed by atoms with Crippen molar-refractivity contribution in [3.8, 4) is 0 Å². The molecule has 1 saturated heterocycles. The third-order valence-corrected chi connectivity index (χ3v) is 3.19. The van der Waals surface area contributed by atoms with E-state index in [0.29, 0.717) is 12.8 Å². The lowest BCUT2D eigenvalue weighted by Gasteiger charge is -2.30. The van der Waals surface area contributed by atoms with E-state index in [1.807, 2.05) is 18.2 Å². The first-order chi connectivity index (χ1) is 8.65. The second-order valence-electron chi connectivity index (χ2n) is 4.61. The number of pyridine rings is 1. The molecule has 2 rings (SSSR count). The van der Waals surface area contributed by atoms with Gasteiger partial charge in [0.1, 0.15) is 0 Å². The Morgan fingerprint density at radius 3 is 2.94 bits per heavy atom. The van der Waals surface area contributed by atoms with Crippen molar-refractivity contribution < 1.29 is 19.6 Å². The van der Waals surface area contributed by atoms with Crippen molar-refractivity contribution >= 4 is 13.1 Å². The first kappa shape index (κ1) is 13.0. The fraction of sp³-hybridized carbons (Fsp3) is 0.500. The Morgan fingerprint density at radius 1 is 1.50 bits per heavy atom. The van der Waals surface area contributed by atoms with E-state index >= 15 is 0 Å². The highest BCUT2D eigenvalue weighted by Crippen LogP contribution is 2.30. The van der Waals surface area contributed by atoms with Crippen molar-refractivity contribution in [2.24, 2.45) is 0 Å². The van der Waals surface area contributed by atoms with Gasteiger partial charge in [0.2, 0.25) is 0 Å². The van der Waals surface area contributed by atoms with Gasteiger partial charge >= 0.3 is 13.1 Å². The third-order valence-electron chi connectivity index (χ3n) is 3.19. The molecule has 2 N–H and O–H groups in total. The molecule has 0 amide bonds. The monoisotopic (exact) mass is 249 g/mol. The lowest BCUT2D eigenvalue weighted by Crippen LogP contribution is -2.38. The molecule has 2 unspecified atom stereocenters. The zero-order valence-electron chi connectivity index (χ0n) is 10.0.